The van der Waals surface area contributed by atoms with E-state index < -0.39 is 10.0 Å². The Kier molecular flexibility index (Phi) is 3.48. The zero-order valence-electron chi connectivity index (χ0n) is 11.1. The van der Waals surface area contributed by atoms with Crippen molar-refractivity contribution in [1.29, 1.82) is 0 Å². The lowest BCUT2D eigenvalue weighted by Gasteiger charge is -2.13. The first-order valence-corrected chi connectivity index (χ1v) is 8.48. The van der Waals surface area contributed by atoms with Crippen LogP contribution in [0.4, 0.5) is 0 Å². The van der Waals surface area contributed by atoms with E-state index in [9.17, 15) is 8.42 Å². The maximum absolute atomic E-state index is 12.5. The molecule has 1 aliphatic rings. The van der Waals surface area contributed by atoms with E-state index in [0.29, 0.717) is 11.6 Å². The third-order valence-corrected chi connectivity index (χ3v) is 5.43. The summed E-state index contributed by atoms with van der Waals surface area (Å²) in [7, 11) is -3.67. The van der Waals surface area contributed by atoms with Crippen LogP contribution in [0.15, 0.2) is 29.4 Å². The van der Waals surface area contributed by atoms with Crippen LogP contribution in [0, 0.1) is 5.92 Å². The Morgan fingerprint density at radius 3 is 2.95 bits per heavy atom. The topological polar surface area (TPSA) is 63.5 Å². The highest BCUT2D eigenvalue weighted by Gasteiger charge is 2.29. The number of imidazole rings is 1. The third-order valence-electron chi connectivity index (χ3n) is 3.44. The van der Waals surface area contributed by atoms with Crippen molar-refractivity contribution in [2.75, 3.05) is 0 Å². The molecule has 1 N–H and O–H groups in total. The van der Waals surface area contributed by atoms with Gasteiger partial charge in [-0.3, -0.25) is 4.40 Å². The molecule has 3 rings (SSSR count). The van der Waals surface area contributed by atoms with Crippen molar-refractivity contribution in [3.8, 4) is 0 Å². The summed E-state index contributed by atoms with van der Waals surface area (Å²) in [6, 6.07) is 5.16. The Morgan fingerprint density at radius 1 is 1.50 bits per heavy atom. The second-order valence-corrected chi connectivity index (χ2v) is 7.33. The number of rotatable bonds is 5. The van der Waals surface area contributed by atoms with Crippen LogP contribution in [0.2, 0.25) is 5.15 Å². The molecule has 0 amide bonds. The largest absolute Gasteiger partial charge is 0.288 e. The average Bonchev–Trinajstić information content (AvgIpc) is 3.07. The Hall–Kier alpha value is -1.11. The minimum absolute atomic E-state index is 0.00215. The number of pyridine rings is 1. The fourth-order valence-electron chi connectivity index (χ4n) is 2.41. The maximum Gasteiger partial charge on any atom is 0.260 e. The summed E-state index contributed by atoms with van der Waals surface area (Å²) >= 11 is 6.00. The standard InChI is InChI=1S/C13H16ClN3O2S/c1-9(8-10-5-6-10)16-20(18,19)13-12(14)15-11-4-2-3-7-17(11)13/h2-4,7,9-10,16H,5-6,8H2,1H3. The van der Waals surface area contributed by atoms with Crippen molar-refractivity contribution < 1.29 is 8.42 Å². The minimum Gasteiger partial charge on any atom is -0.288 e. The molecular formula is C13H16ClN3O2S. The smallest absolute Gasteiger partial charge is 0.260 e. The van der Waals surface area contributed by atoms with E-state index >= 15 is 0 Å². The number of hydrogen-bond donors (Lipinski definition) is 1. The molecule has 0 aromatic carbocycles. The number of nitrogens with zero attached hydrogens (tertiary/aromatic N) is 2. The van der Waals surface area contributed by atoms with Crippen LogP contribution in [-0.2, 0) is 10.0 Å². The number of hydrogen-bond acceptors (Lipinski definition) is 3. The molecule has 5 nitrogen and oxygen atoms in total. The van der Waals surface area contributed by atoms with Crippen LogP contribution in [0.3, 0.4) is 0 Å². The molecule has 0 bridgehead atoms. The molecule has 2 aromatic rings. The first kappa shape index (κ1) is 13.9. The molecule has 1 unspecified atom stereocenters. The summed E-state index contributed by atoms with van der Waals surface area (Å²) in [5.74, 6) is 0.658. The van der Waals surface area contributed by atoms with Gasteiger partial charge in [-0.05, 0) is 31.4 Å². The summed E-state index contributed by atoms with van der Waals surface area (Å²) in [4.78, 5) is 4.07. The second kappa shape index (κ2) is 5.02. The van der Waals surface area contributed by atoms with Crippen molar-refractivity contribution in [1.82, 2.24) is 14.1 Å². The van der Waals surface area contributed by atoms with Gasteiger partial charge in [0.2, 0.25) is 0 Å². The Balaban J connectivity index is 1.93. The third kappa shape index (κ3) is 2.68. The SMILES string of the molecule is CC(CC1CC1)NS(=O)(=O)c1c(Cl)nc2ccccn12. The highest BCUT2D eigenvalue weighted by Crippen LogP contribution is 2.33. The van der Waals surface area contributed by atoms with Gasteiger partial charge in [-0.15, -0.1) is 0 Å². The van der Waals surface area contributed by atoms with Crippen molar-refractivity contribution in [2.45, 2.75) is 37.3 Å². The fraction of sp³-hybridized carbons (Fsp3) is 0.462. The number of aromatic nitrogens is 2. The summed E-state index contributed by atoms with van der Waals surface area (Å²) in [6.45, 7) is 1.88. The van der Waals surface area contributed by atoms with Crippen LogP contribution in [0.1, 0.15) is 26.2 Å². The summed E-state index contributed by atoms with van der Waals surface area (Å²) < 4.78 is 29.2. The van der Waals surface area contributed by atoms with Crippen molar-refractivity contribution in [2.24, 2.45) is 5.92 Å². The van der Waals surface area contributed by atoms with E-state index in [4.69, 9.17) is 11.6 Å². The van der Waals surface area contributed by atoms with Crippen LogP contribution in [-0.4, -0.2) is 23.8 Å². The quantitative estimate of drug-likeness (QED) is 0.922. The molecular weight excluding hydrogens is 298 g/mol. The molecule has 2 heterocycles. The van der Waals surface area contributed by atoms with Gasteiger partial charge in [-0.25, -0.2) is 18.1 Å². The fourth-order valence-corrected chi connectivity index (χ4v) is 4.31. The van der Waals surface area contributed by atoms with Gasteiger partial charge in [0, 0.05) is 12.2 Å². The molecule has 20 heavy (non-hydrogen) atoms. The number of sulfonamides is 1. The van der Waals surface area contributed by atoms with Gasteiger partial charge < -0.3 is 0 Å². The molecule has 0 spiro atoms. The van der Waals surface area contributed by atoms with E-state index in [1.165, 1.54) is 17.2 Å². The van der Waals surface area contributed by atoms with Gasteiger partial charge in [0.15, 0.2) is 10.2 Å². The lowest BCUT2D eigenvalue weighted by atomic mass is 10.2. The van der Waals surface area contributed by atoms with Crippen LogP contribution in [0.5, 0.6) is 0 Å². The minimum atomic E-state index is -3.67. The molecule has 2 aromatic heterocycles. The highest BCUT2D eigenvalue weighted by molar-refractivity contribution is 7.89. The zero-order valence-corrected chi connectivity index (χ0v) is 12.7. The first-order chi connectivity index (χ1) is 9.47. The predicted molar refractivity (Wildman–Crippen MR) is 77.3 cm³/mol. The van der Waals surface area contributed by atoms with E-state index in [2.05, 4.69) is 9.71 Å². The van der Waals surface area contributed by atoms with Gasteiger partial charge in [-0.1, -0.05) is 30.5 Å². The van der Waals surface area contributed by atoms with Crippen LogP contribution >= 0.6 is 11.6 Å². The molecule has 0 radical (unpaired) electrons. The molecule has 1 atom stereocenters. The highest BCUT2D eigenvalue weighted by atomic mass is 35.5. The second-order valence-electron chi connectivity index (χ2n) is 5.34. The van der Waals surface area contributed by atoms with E-state index in [-0.39, 0.29) is 16.2 Å². The Bertz CT molecular complexity index is 737. The molecule has 7 heteroatoms. The molecule has 1 fully saturated rings. The maximum atomic E-state index is 12.5. The van der Waals surface area contributed by atoms with Gasteiger partial charge in [0.1, 0.15) is 5.65 Å². The summed E-state index contributed by atoms with van der Waals surface area (Å²) in [5.41, 5.74) is 0.521. The molecule has 0 saturated heterocycles. The van der Waals surface area contributed by atoms with Gasteiger partial charge in [-0.2, -0.15) is 0 Å². The number of fused-ring (bicyclic) bond motifs is 1. The van der Waals surface area contributed by atoms with E-state index in [1.807, 2.05) is 6.92 Å². The van der Waals surface area contributed by atoms with E-state index in [1.54, 1.807) is 24.4 Å². The van der Waals surface area contributed by atoms with Crippen molar-refractivity contribution in [3.05, 3.63) is 29.5 Å². The molecule has 1 saturated carbocycles. The monoisotopic (exact) mass is 313 g/mol. The normalized spacial score (nSPS) is 17.5. The average molecular weight is 314 g/mol. The zero-order chi connectivity index (χ0) is 14.3. The number of nitrogens with one attached hydrogen (secondary N) is 1. The van der Waals surface area contributed by atoms with Crippen molar-refractivity contribution >= 4 is 27.3 Å². The summed E-state index contributed by atoms with van der Waals surface area (Å²) in [6.07, 6.45) is 4.91. The van der Waals surface area contributed by atoms with Crippen LogP contribution in [0.25, 0.3) is 5.65 Å². The number of halogens is 1. The molecule has 1 aliphatic carbocycles. The molecule has 0 aliphatic heterocycles. The van der Waals surface area contributed by atoms with Gasteiger partial charge in [0.05, 0.1) is 0 Å². The lowest BCUT2D eigenvalue weighted by molar-refractivity contribution is 0.527. The van der Waals surface area contributed by atoms with Gasteiger partial charge >= 0.3 is 0 Å². The Morgan fingerprint density at radius 2 is 2.25 bits per heavy atom. The van der Waals surface area contributed by atoms with Gasteiger partial charge in [0.25, 0.3) is 10.0 Å². The summed E-state index contributed by atoms with van der Waals surface area (Å²) in [5, 5.41) is 0.0136. The lowest BCUT2D eigenvalue weighted by Crippen LogP contribution is -2.33. The van der Waals surface area contributed by atoms with Crippen LogP contribution < -0.4 is 4.72 Å². The molecule has 108 valence electrons. The van der Waals surface area contributed by atoms with E-state index in [0.717, 1.165) is 6.42 Å². The van der Waals surface area contributed by atoms with Crippen molar-refractivity contribution in [3.63, 3.8) is 0 Å². The predicted octanol–water partition coefficient (Wildman–Crippen LogP) is 2.45. The Labute approximate surface area is 123 Å². The first-order valence-electron chi connectivity index (χ1n) is 6.62.